The third kappa shape index (κ3) is 30.9. The van der Waals surface area contributed by atoms with Crippen molar-refractivity contribution in [1.82, 2.24) is 73.8 Å². The molecule has 16 atom stereocenters. The largest absolute Gasteiger partial charge is 0.508 e. The van der Waals surface area contributed by atoms with Gasteiger partial charge >= 0.3 is 17.9 Å². The smallest absolute Gasteiger partial charge is 0.305 e. The fourth-order valence-electron chi connectivity index (χ4n) is 13.4. The van der Waals surface area contributed by atoms with Crippen LogP contribution >= 0.6 is 0 Å². The Morgan fingerprint density at radius 3 is 1.15 bits per heavy atom. The summed E-state index contributed by atoms with van der Waals surface area (Å²) in [5.74, 6) is -21.1. The number of fused-ring (bicyclic) bond motifs is 2. The molecule has 13 amide bonds. The van der Waals surface area contributed by atoms with Gasteiger partial charge in [0.25, 0.3) is 5.91 Å². The molecule has 0 fully saturated rings. The minimum Gasteiger partial charge on any atom is -0.508 e. The Bertz CT molecular complexity index is 4690. The lowest BCUT2D eigenvalue weighted by Gasteiger charge is -2.29. The highest BCUT2D eigenvalue weighted by Crippen LogP contribution is 2.23. The molecule has 6 rings (SSSR count). The van der Waals surface area contributed by atoms with Crippen LogP contribution in [-0.2, 0) is 102 Å². The summed E-state index contributed by atoms with van der Waals surface area (Å²) in [7, 11) is 0. The molecule has 0 saturated carbocycles. The van der Waals surface area contributed by atoms with Crippen molar-refractivity contribution in [2.45, 2.75) is 224 Å². The van der Waals surface area contributed by atoms with Crippen molar-refractivity contribution in [1.29, 1.82) is 0 Å². The molecule has 0 aliphatic carbocycles. The first-order valence-electron chi connectivity index (χ1n) is 40.1. The summed E-state index contributed by atoms with van der Waals surface area (Å²) in [4.78, 5) is 229. The Balaban J connectivity index is 1.27. The number of phenols is 1. The predicted molar refractivity (Wildman–Crippen MR) is 441 cm³/mol. The lowest BCUT2D eigenvalue weighted by Crippen LogP contribution is -2.99. The molecule has 6 aromatic rings. The highest BCUT2D eigenvalue weighted by molar-refractivity contribution is 6.01. The van der Waals surface area contributed by atoms with E-state index < -0.39 is 261 Å². The van der Waals surface area contributed by atoms with Gasteiger partial charge in [-0.1, -0.05) is 120 Å². The topological polar surface area (TPSA) is 654 Å². The number of primary amides is 1. The number of carbonyl (C=O) groups excluding carboxylic acids is 13. The van der Waals surface area contributed by atoms with Gasteiger partial charge in [0.1, 0.15) is 84.4 Å². The number of nitrogens with one attached hydrogen (secondary N) is 14. The van der Waals surface area contributed by atoms with Crippen LogP contribution in [0.1, 0.15) is 123 Å². The number of aromatic amines is 2. The number of aliphatic hydroxyl groups excluding tert-OH is 4. The molecule has 123 heavy (non-hydrogen) atoms. The number of benzene rings is 4. The fraction of sp³-hybridized carbons (Fsp3) is 0.470. The number of rotatable bonds is 50. The van der Waals surface area contributed by atoms with Gasteiger partial charge < -0.3 is 126 Å². The van der Waals surface area contributed by atoms with E-state index >= 15 is 0 Å². The standard InChI is InChI=1S/C83H112N16O24/c1-40(2)31-57(74(114)94-62(36-66(109)110)77(117)92-61(79(119)97-67(41(3)4)71(84)111)35-49-38-86-54-22-16-14-20-52(49)54)90-75(115)58(33-47-23-25-50(104)26-24-47)91-73(113)56(28-30-65(107)108)88-72(112)55(27-29-64(105)106)89-76(116)60(34-48-37-85-53-21-15-13-19-51(48)53)93-80(120)63(39-100)96-82(122)70(44(8)102)99-78(118)59(32-46-17-11-10-12-18-46)95-81(121)68(42(5)6)98-83(123)69(43(7)101)87-45(9)103/h10-26,37-38,40-45,55-63,67-70,85-87,100-104H,27-36,39H2,1-9H3,(H2,84,111)(H,88,112)(H,89,116)(H,90,115)(H,91,113)(H,92,117)(H,93,120)(H,94,114)(H,95,121)(H,96,122)(H,97,119)(H,98,123)(H,99,118)(H,105,106)(H,107,108)(H,109,110)/p+1/t43-,44-,45-,55+,56+,57+,58+,59+,60+,61+,62+,63+,67+,68+,69+,70+/m1/s1. The number of hydrogen-bond donors (Lipinski definition) is 24. The molecule has 2 heterocycles. The van der Waals surface area contributed by atoms with E-state index in [0.717, 1.165) is 6.92 Å². The number of aromatic nitrogens is 2. The van der Waals surface area contributed by atoms with Crippen molar-refractivity contribution in [3.8, 4) is 5.75 Å². The number of para-hydroxylation sites is 2. The Hall–Kier alpha value is -12.9. The lowest BCUT2D eigenvalue weighted by atomic mass is 9.99. The van der Waals surface area contributed by atoms with Gasteiger partial charge in [0.2, 0.25) is 70.9 Å². The molecule has 0 saturated heterocycles. The van der Waals surface area contributed by atoms with E-state index in [-0.39, 0.29) is 30.6 Å². The Morgan fingerprint density at radius 1 is 0.374 bits per heavy atom. The van der Waals surface area contributed by atoms with Gasteiger partial charge in [-0.3, -0.25) is 76.7 Å². The van der Waals surface area contributed by atoms with Crippen molar-refractivity contribution in [3.63, 3.8) is 0 Å². The molecule has 4 aromatic carbocycles. The van der Waals surface area contributed by atoms with Gasteiger partial charge in [0.05, 0.1) is 19.1 Å². The Labute approximate surface area is 707 Å². The summed E-state index contributed by atoms with van der Waals surface area (Å²) >= 11 is 0. The van der Waals surface area contributed by atoms with Crippen molar-refractivity contribution >= 4 is 117 Å². The number of carboxylic acid groups (broad SMARTS) is 3. The van der Waals surface area contributed by atoms with E-state index in [4.69, 9.17) is 5.73 Å². The van der Waals surface area contributed by atoms with Crippen LogP contribution in [0.25, 0.3) is 21.8 Å². The van der Waals surface area contributed by atoms with Crippen LogP contribution in [0, 0.1) is 17.8 Å². The molecule has 40 nitrogen and oxygen atoms in total. The Morgan fingerprint density at radius 2 is 0.732 bits per heavy atom. The second-order valence-corrected chi connectivity index (χ2v) is 31.3. The number of nitrogens with two attached hydrogens (primary N) is 2. The lowest BCUT2D eigenvalue weighted by molar-refractivity contribution is -0.743. The highest BCUT2D eigenvalue weighted by atomic mass is 16.4. The van der Waals surface area contributed by atoms with Crippen LogP contribution in [0.2, 0.25) is 0 Å². The van der Waals surface area contributed by atoms with E-state index in [1.807, 2.05) is 0 Å². The zero-order valence-electron chi connectivity index (χ0n) is 69.5. The number of aromatic hydroxyl groups is 1. The zero-order chi connectivity index (χ0) is 91.2. The number of hydrogen-bond acceptors (Lipinski definition) is 21. The third-order valence-corrected chi connectivity index (χ3v) is 20.0. The van der Waals surface area contributed by atoms with Gasteiger partial charge in [-0.15, -0.1) is 0 Å². The molecule has 26 N–H and O–H groups in total. The minimum atomic E-state index is -2.03. The van der Waals surface area contributed by atoms with Crippen LogP contribution in [0.4, 0.5) is 0 Å². The molecule has 0 aliphatic rings. The van der Waals surface area contributed by atoms with Crippen LogP contribution in [0.15, 0.2) is 116 Å². The van der Waals surface area contributed by atoms with E-state index in [0.29, 0.717) is 38.5 Å². The van der Waals surface area contributed by atoms with Crippen molar-refractivity contribution in [3.05, 3.63) is 138 Å². The molecule has 40 heteroatoms. The minimum absolute atomic E-state index is 0.233. The van der Waals surface area contributed by atoms with Crippen LogP contribution in [0.5, 0.6) is 5.75 Å². The average molecular weight is 1720 g/mol. The number of quaternary nitrogens is 1. The number of phenolic OH excluding ortho intramolecular Hbond substituents is 1. The number of H-pyrrole nitrogens is 2. The monoisotopic (exact) mass is 1720 g/mol. The van der Waals surface area contributed by atoms with Gasteiger partial charge in [0, 0.05) is 79.6 Å². The van der Waals surface area contributed by atoms with E-state index in [2.05, 4.69) is 73.8 Å². The number of carboxylic acids is 3. The second kappa shape index (κ2) is 47.3. The van der Waals surface area contributed by atoms with Crippen LogP contribution in [0.3, 0.4) is 0 Å². The highest BCUT2D eigenvalue weighted by Gasteiger charge is 2.41. The van der Waals surface area contributed by atoms with Gasteiger partial charge in [0.15, 0.2) is 12.3 Å². The predicted octanol–water partition coefficient (Wildman–Crippen LogP) is -3.49. The molecule has 2 aromatic heterocycles. The normalized spacial score (nSPS) is 15.3. The second-order valence-electron chi connectivity index (χ2n) is 31.3. The van der Waals surface area contributed by atoms with Crippen LogP contribution < -0.4 is 74.9 Å². The fourth-order valence-corrected chi connectivity index (χ4v) is 13.4. The van der Waals surface area contributed by atoms with Gasteiger partial charge in [-0.25, -0.2) is 0 Å². The third-order valence-electron chi connectivity index (χ3n) is 20.0. The quantitative estimate of drug-likeness (QED) is 0.0165. The SMILES string of the molecule is CC(C)C[C@H](NC(=O)[C@H](Cc1ccc(O)cc1)NC(=O)[C@H](CCC(=O)O)NC(=O)[C@H](CCC(=O)O)NC(=O)[C@H](Cc1c[nH]c2ccccc12)NC(=O)[C@H](CO)NC(=O)[C@@H](NC(=O)[C@H](Cc1ccccc1)NC(=O)[C@@H](NC(=O)[C@@H]([NH2+][C@@H](C)O)[C@@H](C)O)C(C)C)[C@@H](C)O)C(=O)N[C@@H](CC(=O)O)C(=O)N[C@@H](Cc1c[nH]c2ccccc12)C(=O)N[C@H](C(N)=O)C(C)C. The molecule has 0 unspecified atom stereocenters. The number of carbonyl (C=O) groups is 16. The molecular weight excluding hydrogens is 1610 g/mol. The molecular formula is C83H113N16O24+. The first-order valence-corrected chi connectivity index (χ1v) is 40.1. The molecule has 0 radical (unpaired) electrons. The molecule has 0 aliphatic heterocycles. The summed E-state index contributed by atoms with van der Waals surface area (Å²) in [6, 6.07) is 4.72. The molecule has 0 bridgehead atoms. The first kappa shape index (κ1) is 98.9. The summed E-state index contributed by atoms with van der Waals surface area (Å²) in [5, 5.41) is 114. The summed E-state index contributed by atoms with van der Waals surface area (Å²) in [6.45, 7) is 12.2. The maximum absolute atomic E-state index is 15.0. The number of aliphatic carboxylic acids is 3. The summed E-state index contributed by atoms with van der Waals surface area (Å²) in [5.41, 5.74) is 8.38. The van der Waals surface area contributed by atoms with Crippen molar-refractivity contribution < 1.29 is 123 Å². The van der Waals surface area contributed by atoms with E-state index in [1.54, 1.807) is 127 Å². The zero-order valence-corrected chi connectivity index (χ0v) is 69.5. The van der Waals surface area contributed by atoms with Crippen LogP contribution in [-0.4, -0.2) is 249 Å². The average Bonchev–Trinajstić information content (AvgIpc) is 1.67. The van der Waals surface area contributed by atoms with E-state index in [1.165, 1.54) is 49.6 Å². The first-order chi connectivity index (χ1) is 58.0. The molecule has 0 spiro atoms. The Kier molecular flexibility index (Phi) is 38.1. The van der Waals surface area contributed by atoms with Gasteiger partial charge in [-0.05, 0) is 97.4 Å². The number of aliphatic hydroxyl groups is 4. The summed E-state index contributed by atoms with van der Waals surface area (Å²) < 4.78 is 0. The van der Waals surface area contributed by atoms with E-state index in [9.17, 15) is 118 Å². The summed E-state index contributed by atoms with van der Waals surface area (Å²) in [6.07, 6.45) is -7.23. The van der Waals surface area contributed by atoms with Crippen molar-refractivity contribution in [2.75, 3.05) is 6.61 Å². The maximum Gasteiger partial charge on any atom is 0.305 e. The molecule has 668 valence electrons. The maximum atomic E-state index is 15.0. The van der Waals surface area contributed by atoms with Crippen molar-refractivity contribution in [2.24, 2.45) is 23.5 Å². The number of amides is 13. The van der Waals surface area contributed by atoms with Gasteiger partial charge in [-0.2, -0.15) is 0 Å².